The number of piperazine rings is 1. The molecule has 0 N–H and O–H groups in total. The summed E-state index contributed by atoms with van der Waals surface area (Å²) in [6.07, 6.45) is 0. The Morgan fingerprint density at radius 3 is 2.33 bits per heavy atom. The normalized spacial score (nSPS) is 15.5. The molecule has 7 heteroatoms. The molecule has 1 saturated heterocycles. The number of esters is 1. The highest BCUT2D eigenvalue weighted by Gasteiger charge is 2.31. The van der Waals surface area contributed by atoms with Crippen LogP contribution in [-0.4, -0.2) is 54.1 Å². The van der Waals surface area contributed by atoms with Crippen molar-refractivity contribution in [3.05, 3.63) is 65.9 Å². The summed E-state index contributed by atoms with van der Waals surface area (Å²) in [6, 6.07) is 19.0. The van der Waals surface area contributed by atoms with Gasteiger partial charge >= 0.3 is 5.97 Å². The molecule has 1 aromatic heterocycles. The number of rotatable bonds is 5. The fourth-order valence-electron chi connectivity index (χ4n) is 3.49. The zero-order chi connectivity index (χ0) is 20.9. The number of hydrogen-bond donors (Lipinski definition) is 0. The van der Waals surface area contributed by atoms with Crippen LogP contribution < -0.4 is 4.90 Å². The highest BCUT2D eigenvalue weighted by molar-refractivity contribution is 5.85. The Labute approximate surface area is 175 Å². The summed E-state index contributed by atoms with van der Waals surface area (Å²) in [5.74, 6) is -1.16. The van der Waals surface area contributed by atoms with E-state index < -0.39 is 11.9 Å². The first-order valence-electron chi connectivity index (χ1n) is 9.96. The van der Waals surface area contributed by atoms with E-state index in [-0.39, 0.29) is 6.61 Å². The number of nitriles is 1. The van der Waals surface area contributed by atoms with E-state index in [1.165, 1.54) is 0 Å². The topological polar surface area (TPSA) is 82.4 Å². The van der Waals surface area contributed by atoms with Crippen LogP contribution in [0.15, 0.2) is 54.6 Å². The van der Waals surface area contributed by atoms with E-state index in [2.05, 4.69) is 27.9 Å². The minimum atomic E-state index is -1.14. The Kier molecular flexibility index (Phi) is 5.87. The summed E-state index contributed by atoms with van der Waals surface area (Å²) in [7, 11) is 2.07. The molecule has 30 heavy (non-hydrogen) atoms. The molecule has 1 aliphatic rings. The van der Waals surface area contributed by atoms with Crippen molar-refractivity contribution in [2.24, 2.45) is 0 Å². The van der Waals surface area contributed by atoms with E-state index in [1.807, 2.05) is 54.6 Å². The number of hydrogen-bond acceptors (Lipinski definition) is 7. The van der Waals surface area contributed by atoms with Gasteiger partial charge in [-0.2, -0.15) is 5.26 Å². The van der Waals surface area contributed by atoms with Crippen LogP contribution in [0.25, 0.3) is 11.0 Å². The third kappa shape index (κ3) is 4.24. The van der Waals surface area contributed by atoms with Crippen LogP contribution in [-0.2, 0) is 16.1 Å². The van der Waals surface area contributed by atoms with Crippen molar-refractivity contribution < 1.29 is 9.53 Å². The van der Waals surface area contributed by atoms with Crippen LogP contribution in [0.3, 0.4) is 0 Å². The molecule has 2 aromatic carbocycles. The number of fused-ring (bicyclic) bond motifs is 1. The van der Waals surface area contributed by atoms with Crippen LogP contribution in [0.2, 0.25) is 0 Å². The first-order valence-corrected chi connectivity index (χ1v) is 9.96. The molecule has 152 valence electrons. The quantitative estimate of drug-likeness (QED) is 0.608. The molecular weight excluding hydrogens is 378 g/mol. The Bertz CT molecular complexity index is 1070. The molecular formula is C23H23N5O2. The molecule has 0 saturated carbocycles. The lowest BCUT2D eigenvalue weighted by Gasteiger charge is -2.34. The lowest BCUT2D eigenvalue weighted by molar-refractivity contribution is -0.145. The van der Waals surface area contributed by atoms with E-state index in [0.29, 0.717) is 17.0 Å². The summed E-state index contributed by atoms with van der Waals surface area (Å²) in [6.45, 7) is 3.39. The summed E-state index contributed by atoms with van der Waals surface area (Å²) < 4.78 is 5.45. The molecule has 0 bridgehead atoms. The molecule has 0 unspecified atom stereocenters. The van der Waals surface area contributed by atoms with Crippen molar-refractivity contribution in [2.45, 2.75) is 12.5 Å². The second-order valence-corrected chi connectivity index (χ2v) is 7.37. The fourth-order valence-corrected chi connectivity index (χ4v) is 3.49. The molecule has 1 atom stereocenters. The van der Waals surface area contributed by atoms with Crippen LogP contribution in [0, 0.1) is 11.3 Å². The number of carbonyl (C=O) groups is 1. The molecule has 3 aromatic rings. The highest BCUT2D eigenvalue weighted by Crippen LogP contribution is 2.28. The zero-order valence-corrected chi connectivity index (χ0v) is 16.9. The highest BCUT2D eigenvalue weighted by atomic mass is 16.5. The summed E-state index contributed by atoms with van der Waals surface area (Å²) in [5.41, 5.74) is 2.62. The summed E-state index contributed by atoms with van der Waals surface area (Å²) in [5, 5.41) is 9.84. The maximum Gasteiger partial charge on any atom is 0.330 e. The van der Waals surface area contributed by atoms with Crippen molar-refractivity contribution in [2.75, 3.05) is 38.1 Å². The monoisotopic (exact) mass is 401 g/mol. The molecule has 0 spiro atoms. The average Bonchev–Trinajstić information content (AvgIpc) is 2.79. The average molecular weight is 401 g/mol. The molecule has 2 heterocycles. The minimum Gasteiger partial charge on any atom is -0.460 e. The molecule has 0 aliphatic carbocycles. The molecule has 0 radical (unpaired) electrons. The largest absolute Gasteiger partial charge is 0.460 e. The molecule has 0 amide bonds. The zero-order valence-electron chi connectivity index (χ0n) is 16.9. The van der Waals surface area contributed by atoms with Gasteiger partial charge in [-0.15, -0.1) is 0 Å². The lowest BCUT2D eigenvalue weighted by atomic mass is 10.1. The van der Waals surface area contributed by atoms with Crippen molar-refractivity contribution >= 4 is 22.8 Å². The Morgan fingerprint density at radius 1 is 1.03 bits per heavy atom. The Morgan fingerprint density at radius 2 is 1.67 bits per heavy atom. The first kappa shape index (κ1) is 19.8. The third-order valence-electron chi connectivity index (χ3n) is 5.24. The fraction of sp³-hybridized carbons (Fsp3) is 0.304. The van der Waals surface area contributed by atoms with Crippen molar-refractivity contribution in [3.63, 3.8) is 0 Å². The van der Waals surface area contributed by atoms with Crippen LogP contribution >= 0.6 is 0 Å². The van der Waals surface area contributed by atoms with Gasteiger partial charge in [-0.1, -0.05) is 42.5 Å². The van der Waals surface area contributed by atoms with Crippen LogP contribution in [0.1, 0.15) is 17.2 Å². The first-order chi connectivity index (χ1) is 14.7. The number of likely N-dealkylation sites (N-methyl/N-ethyl adjacent to an activating group) is 1. The summed E-state index contributed by atoms with van der Waals surface area (Å²) >= 11 is 0. The third-order valence-corrected chi connectivity index (χ3v) is 5.24. The van der Waals surface area contributed by atoms with Gasteiger partial charge in [-0.25, -0.2) is 9.97 Å². The van der Waals surface area contributed by atoms with Crippen LogP contribution in [0.4, 0.5) is 5.82 Å². The molecule has 7 nitrogen and oxygen atoms in total. The van der Waals surface area contributed by atoms with Gasteiger partial charge in [-0.3, -0.25) is 4.79 Å². The SMILES string of the molecule is CN1CCN(c2nc3ccccc3nc2[C@@H](C#N)C(=O)OCc2ccccc2)CC1. The van der Waals surface area contributed by atoms with Gasteiger partial charge < -0.3 is 14.5 Å². The number of nitrogens with zero attached hydrogens (tertiary/aromatic N) is 5. The maximum absolute atomic E-state index is 12.8. The Hall–Kier alpha value is -3.50. The van der Waals surface area contributed by atoms with Gasteiger partial charge in [0.2, 0.25) is 0 Å². The number of benzene rings is 2. The smallest absolute Gasteiger partial charge is 0.330 e. The molecule has 1 fully saturated rings. The Balaban J connectivity index is 1.66. The van der Waals surface area contributed by atoms with Crippen LogP contribution in [0.5, 0.6) is 0 Å². The van der Waals surface area contributed by atoms with Gasteiger partial charge in [0.1, 0.15) is 12.3 Å². The number of anilines is 1. The number of aromatic nitrogens is 2. The number of para-hydroxylation sites is 2. The number of ether oxygens (including phenoxy) is 1. The molecule has 1 aliphatic heterocycles. The van der Waals surface area contributed by atoms with Crippen molar-refractivity contribution in [1.29, 1.82) is 5.26 Å². The predicted molar refractivity (Wildman–Crippen MR) is 114 cm³/mol. The van der Waals surface area contributed by atoms with Crippen molar-refractivity contribution in [3.8, 4) is 6.07 Å². The van der Waals surface area contributed by atoms with E-state index in [0.717, 1.165) is 37.3 Å². The van der Waals surface area contributed by atoms with E-state index in [4.69, 9.17) is 9.72 Å². The van der Waals surface area contributed by atoms with Gasteiger partial charge in [0, 0.05) is 26.2 Å². The summed E-state index contributed by atoms with van der Waals surface area (Å²) in [4.78, 5) is 26.6. The maximum atomic E-state index is 12.8. The van der Waals surface area contributed by atoms with Gasteiger partial charge in [-0.05, 0) is 24.7 Å². The standard InChI is InChI=1S/C23H23N5O2/c1-27-11-13-28(14-12-27)22-21(25-19-9-5-6-10-20(19)26-22)18(15-24)23(29)30-16-17-7-3-2-4-8-17/h2-10,18H,11-14,16H2,1H3/t18-/m1/s1. The van der Waals surface area contributed by atoms with Gasteiger partial charge in [0.15, 0.2) is 11.7 Å². The second kappa shape index (κ2) is 8.89. The van der Waals surface area contributed by atoms with Gasteiger partial charge in [0.25, 0.3) is 0 Å². The number of carbonyl (C=O) groups excluding carboxylic acids is 1. The lowest BCUT2D eigenvalue weighted by Crippen LogP contribution is -2.45. The molecule has 4 rings (SSSR count). The predicted octanol–water partition coefficient (Wildman–Crippen LogP) is 2.73. The minimum absolute atomic E-state index is 0.114. The van der Waals surface area contributed by atoms with Gasteiger partial charge in [0.05, 0.1) is 17.1 Å². The van der Waals surface area contributed by atoms with E-state index in [9.17, 15) is 10.1 Å². The second-order valence-electron chi connectivity index (χ2n) is 7.37. The van der Waals surface area contributed by atoms with Crippen molar-refractivity contribution in [1.82, 2.24) is 14.9 Å². The van der Waals surface area contributed by atoms with E-state index in [1.54, 1.807) is 0 Å². The van der Waals surface area contributed by atoms with E-state index >= 15 is 0 Å².